The number of aliphatic hydroxyl groups is 1. The van der Waals surface area contributed by atoms with Gasteiger partial charge < -0.3 is 25.2 Å². The summed E-state index contributed by atoms with van der Waals surface area (Å²) >= 11 is 0. The average molecular weight is 732 g/mol. The van der Waals surface area contributed by atoms with E-state index < -0.39 is 16.3 Å². The highest BCUT2D eigenvalue weighted by atomic mass is 32.2. The van der Waals surface area contributed by atoms with Gasteiger partial charge in [-0.25, -0.2) is 4.72 Å². The summed E-state index contributed by atoms with van der Waals surface area (Å²) in [6.45, 7) is 5.46. The van der Waals surface area contributed by atoms with Gasteiger partial charge in [0.1, 0.15) is 30.8 Å². The van der Waals surface area contributed by atoms with Gasteiger partial charge in [-0.2, -0.15) is 8.42 Å². The van der Waals surface area contributed by atoms with Crippen molar-refractivity contribution in [2.45, 2.75) is 44.4 Å². The van der Waals surface area contributed by atoms with Crippen LogP contribution in [0.2, 0.25) is 0 Å². The van der Waals surface area contributed by atoms with Crippen LogP contribution in [0.5, 0.6) is 11.5 Å². The monoisotopic (exact) mass is 731 g/mol. The minimum absolute atomic E-state index is 0.0652. The number of hydrogen-bond donors (Lipinski definition) is 4. The number of hydrogen-bond acceptors (Lipinski definition) is 8. The number of nitrogens with zero attached hydrogens (tertiary/aromatic N) is 2. The molecule has 0 saturated carbocycles. The van der Waals surface area contributed by atoms with Gasteiger partial charge in [0.25, 0.3) is 0 Å². The number of ether oxygens (including phenoxy) is 2. The Morgan fingerprint density at radius 3 is 1.92 bits per heavy atom. The maximum atomic E-state index is 12.5. The van der Waals surface area contributed by atoms with E-state index in [0.717, 1.165) is 28.0 Å². The first-order valence-electron chi connectivity index (χ1n) is 17.6. The summed E-state index contributed by atoms with van der Waals surface area (Å²) in [7, 11) is -3.92. The zero-order valence-corrected chi connectivity index (χ0v) is 30.7. The van der Waals surface area contributed by atoms with Crippen LogP contribution < -0.4 is 24.8 Å². The van der Waals surface area contributed by atoms with Crippen LogP contribution in [-0.4, -0.2) is 56.5 Å². The quantitative estimate of drug-likeness (QED) is 0.0911. The molecule has 10 nitrogen and oxygen atoms in total. The standard InChI is InChI=1S/C42H45N5O5S/c1-42(2,44-27-36(48)30-52-38-24-22-37(23-25-38)51-29-32-12-6-3-7-13-32)26-31-18-20-35(21-19-31)45-41-40(46-53(49,50)47-41)43-28-39(33-14-8-4-9-15-33)34-16-10-5-11-17-34/h3-25,36,39,44,48H,26-30H2,1-2H3,(H,43,46)(H,45,47)/t36-/m0/s1. The summed E-state index contributed by atoms with van der Waals surface area (Å²) < 4.78 is 43.0. The van der Waals surface area contributed by atoms with Crippen LogP contribution in [0.3, 0.4) is 0 Å². The van der Waals surface area contributed by atoms with E-state index in [0.29, 0.717) is 37.6 Å². The van der Waals surface area contributed by atoms with E-state index in [1.807, 2.05) is 140 Å². The van der Waals surface area contributed by atoms with Crippen molar-refractivity contribution in [2.75, 3.05) is 25.0 Å². The molecule has 5 aromatic rings. The maximum Gasteiger partial charge on any atom is 0.345 e. The van der Waals surface area contributed by atoms with Crippen molar-refractivity contribution in [1.82, 2.24) is 10.0 Å². The highest BCUT2D eigenvalue weighted by molar-refractivity contribution is 7.89. The number of β-amino-alcohol motifs (C(OH)–C–C–N with tert-alkyl or cyclic N) is 1. The Kier molecular flexibility index (Phi) is 12.2. The average Bonchev–Trinajstić information content (AvgIpc) is 3.46. The fourth-order valence-corrected chi connectivity index (χ4v) is 6.76. The Labute approximate surface area is 311 Å². The largest absolute Gasteiger partial charge is 0.491 e. The maximum absolute atomic E-state index is 12.5. The van der Waals surface area contributed by atoms with E-state index in [2.05, 4.69) is 33.6 Å². The second-order valence-electron chi connectivity index (χ2n) is 13.6. The van der Waals surface area contributed by atoms with Crippen LogP contribution in [0.4, 0.5) is 5.69 Å². The molecular formula is C42H45N5O5S. The first-order chi connectivity index (χ1) is 25.6. The zero-order chi connectivity index (χ0) is 37.1. The van der Waals surface area contributed by atoms with Crippen molar-refractivity contribution in [3.63, 3.8) is 0 Å². The van der Waals surface area contributed by atoms with Crippen molar-refractivity contribution in [3.05, 3.63) is 162 Å². The number of rotatable bonds is 16. The van der Waals surface area contributed by atoms with Gasteiger partial charge >= 0.3 is 10.2 Å². The van der Waals surface area contributed by atoms with Crippen molar-refractivity contribution in [2.24, 2.45) is 9.39 Å². The lowest BCUT2D eigenvalue weighted by atomic mass is 9.91. The van der Waals surface area contributed by atoms with E-state index in [9.17, 15) is 13.5 Å². The summed E-state index contributed by atoms with van der Waals surface area (Å²) in [6.07, 6.45) is -0.0200. The topological polar surface area (TPSA) is 134 Å². The molecule has 1 aliphatic rings. The molecule has 0 radical (unpaired) electrons. The molecule has 11 heteroatoms. The number of amidine groups is 2. The van der Waals surface area contributed by atoms with Crippen LogP contribution >= 0.6 is 0 Å². The Balaban J connectivity index is 0.984. The molecule has 274 valence electrons. The molecule has 0 bridgehead atoms. The molecule has 1 aliphatic heterocycles. The van der Waals surface area contributed by atoms with Crippen molar-refractivity contribution >= 4 is 27.6 Å². The van der Waals surface area contributed by atoms with Crippen molar-refractivity contribution in [3.8, 4) is 11.5 Å². The molecular weight excluding hydrogens is 687 g/mol. The Morgan fingerprint density at radius 2 is 1.32 bits per heavy atom. The third-order valence-electron chi connectivity index (χ3n) is 8.69. The number of aliphatic imine (C=N–C) groups is 1. The number of nitrogens with one attached hydrogen (secondary N) is 3. The minimum Gasteiger partial charge on any atom is -0.491 e. The van der Waals surface area contributed by atoms with Crippen LogP contribution in [0.25, 0.3) is 0 Å². The second kappa shape index (κ2) is 17.4. The van der Waals surface area contributed by atoms with Gasteiger partial charge in [-0.05, 0) is 78.9 Å². The van der Waals surface area contributed by atoms with E-state index in [1.165, 1.54) is 0 Å². The van der Waals surface area contributed by atoms with Gasteiger partial charge in [0.05, 0.1) is 6.54 Å². The third-order valence-corrected chi connectivity index (χ3v) is 9.56. The lowest BCUT2D eigenvalue weighted by Crippen LogP contribution is -2.46. The Bertz CT molecular complexity index is 2040. The molecule has 0 aromatic heterocycles. The highest BCUT2D eigenvalue weighted by Gasteiger charge is 2.27. The van der Waals surface area contributed by atoms with Gasteiger partial charge in [-0.1, -0.05) is 103 Å². The van der Waals surface area contributed by atoms with Gasteiger partial charge in [0, 0.05) is 23.7 Å². The van der Waals surface area contributed by atoms with Gasteiger partial charge in [0.2, 0.25) is 0 Å². The van der Waals surface area contributed by atoms with Crippen LogP contribution in [-0.2, 0) is 23.2 Å². The van der Waals surface area contributed by atoms with E-state index in [1.54, 1.807) is 0 Å². The highest BCUT2D eigenvalue weighted by Crippen LogP contribution is 2.25. The first-order valence-corrected chi connectivity index (χ1v) is 19.0. The summed E-state index contributed by atoms with van der Waals surface area (Å²) in [5.41, 5.74) is 4.68. The summed E-state index contributed by atoms with van der Waals surface area (Å²) in [5.74, 6) is 1.65. The van der Waals surface area contributed by atoms with Crippen LogP contribution in [0.1, 0.15) is 42.0 Å². The molecule has 0 aliphatic carbocycles. The fourth-order valence-electron chi connectivity index (χ4n) is 5.94. The second-order valence-corrected chi connectivity index (χ2v) is 14.9. The fraction of sp³-hybridized carbons (Fsp3) is 0.238. The van der Waals surface area contributed by atoms with Crippen molar-refractivity contribution in [1.29, 1.82) is 0 Å². The molecule has 0 saturated heterocycles. The molecule has 1 heterocycles. The molecule has 53 heavy (non-hydrogen) atoms. The predicted octanol–water partition coefficient (Wildman–Crippen LogP) is 6.51. The Hall–Kier alpha value is -5.49. The normalized spacial score (nSPS) is 15.1. The number of anilines is 1. The van der Waals surface area contributed by atoms with Crippen LogP contribution in [0, 0.1) is 0 Å². The lowest BCUT2D eigenvalue weighted by molar-refractivity contribution is 0.0988. The SMILES string of the molecule is CC(C)(Cc1ccc(NC2=NS(=O)(=O)NC2=NCC(c2ccccc2)c2ccccc2)cc1)NC[C@H](O)COc1ccc(OCc2ccccc2)cc1. The zero-order valence-electron chi connectivity index (χ0n) is 29.9. The number of aliphatic hydroxyl groups excluding tert-OH is 1. The first kappa shape index (κ1) is 37.3. The van der Waals surface area contributed by atoms with Crippen molar-refractivity contribution < 1.29 is 23.0 Å². The smallest absolute Gasteiger partial charge is 0.345 e. The van der Waals surface area contributed by atoms with E-state index in [-0.39, 0.29) is 29.7 Å². The molecule has 0 fully saturated rings. The molecule has 0 unspecified atom stereocenters. The molecule has 5 aromatic carbocycles. The van der Waals surface area contributed by atoms with E-state index >= 15 is 0 Å². The van der Waals surface area contributed by atoms with E-state index in [4.69, 9.17) is 14.5 Å². The van der Waals surface area contributed by atoms with Crippen LogP contribution in [0.15, 0.2) is 149 Å². The predicted molar refractivity (Wildman–Crippen MR) is 211 cm³/mol. The third kappa shape index (κ3) is 11.2. The summed E-state index contributed by atoms with van der Waals surface area (Å²) in [6, 6.07) is 45.1. The van der Waals surface area contributed by atoms with Gasteiger partial charge in [-0.15, -0.1) is 4.40 Å². The lowest BCUT2D eigenvalue weighted by Gasteiger charge is -2.28. The molecule has 6 rings (SSSR count). The minimum atomic E-state index is -3.92. The Morgan fingerprint density at radius 1 is 0.755 bits per heavy atom. The molecule has 1 atom stereocenters. The van der Waals surface area contributed by atoms with Gasteiger partial charge in [0.15, 0.2) is 11.7 Å². The number of benzene rings is 5. The molecule has 4 N–H and O–H groups in total. The summed E-state index contributed by atoms with van der Waals surface area (Å²) in [4.78, 5) is 4.69. The van der Waals surface area contributed by atoms with Gasteiger partial charge in [-0.3, -0.25) is 4.99 Å². The summed E-state index contributed by atoms with van der Waals surface area (Å²) in [5, 5.41) is 17.2. The molecule has 0 spiro atoms. The molecule has 0 amide bonds.